The molecule has 0 N–H and O–H groups in total. The van der Waals surface area contributed by atoms with E-state index in [9.17, 15) is 18.0 Å². The van der Waals surface area contributed by atoms with E-state index < -0.39 is 21.6 Å². The smallest absolute Gasteiger partial charge is 0.410 e. The molecule has 0 fully saturated rings. The number of amides is 1. The second kappa shape index (κ2) is 8.44. The van der Waals surface area contributed by atoms with Crippen LogP contribution in [0.15, 0.2) is 24.3 Å². The summed E-state index contributed by atoms with van der Waals surface area (Å²) in [5, 5.41) is 0. The molecular weight excluding hydrogens is 396 g/mol. The first kappa shape index (κ1) is 22.7. The summed E-state index contributed by atoms with van der Waals surface area (Å²) in [4.78, 5) is 26.1. The molecule has 1 aromatic carbocycles. The molecule has 0 aromatic heterocycles. The van der Waals surface area contributed by atoms with Crippen LogP contribution in [0.5, 0.6) is 0 Å². The minimum atomic E-state index is -3.54. The first-order valence-corrected chi connectivity index (χ1v) is 11.0. The van der Waals surface area contributed by atoms with Crippen LogP contribution >= 0.6 is 0 Å². The highest BCUT2D eigenvalue weighted by Crippen LogP contribution is 2.30. The molecule has 9 heteroatoms. The second-order valence-corrected chi connectivity index (χ2v) is 9.87. The van der Waals surface area contributed by atoms with Crippen LogP contribution in [0.1, 0.15) is 43.1 Å². The van der Waals surface area contributed by atoms with Crippen LogP contribution in [0.3, 0.4) is 0 Å². The summed E-state index contributed by atoms with van der Waals surface area (Å²) >= 11 is 0. The van der Waals surface area contributed by atoms with Crippen molar-refractivity contribution in [2.75, 3.05) is 37.8 Å². The lowest BCUT2D eigenvalue weighted by atomic mass is 9.97. The number of carbonyl (C=O) groups excluding carboxylic acids is 2. The molecule has 1 aliphatic rings. The van der Waals surface area contributed by atoms with E-state index in [1.807, 2.05) is 26.8 Å². The van der Waals surface area contributed by atoms with E-state index in [-0.39, 0.29) is 17.3 Å². The van der Waals surface area contributed by atoms with E-state index in [1.165, 1.54) is 14.2 Å². The Morgan fingerprint density at radius 3 is 2.34 bits per heavy atom. The number of methoxy groups -OCH3 is 1. The van der Waals surface area contributed by atoms with Crippen molar-refractivity contribution in [3.05, 3.63) is 35.4 Å². The van der Waals surface area contributed by atoms with Crippen molar-refractivity contribution < 1.29 is 27.5 Å². The minimum Gasteiger partial charge on any atom is -0.465 e. The molecule has 1 amide bonds. The quantitative estimate of drug-likeness (QED) is 0.690. The van der Waals surface area contributed by atoms with Gasteiger partial charge in [-0.3, -0.25) is 4.31 Å². The van der Waals surface area contributed by atoms with Gasteiger partial charge in [-0.05, 0) is 50.5 Å². The molecule has 160 valence electrons. The minimum absolute atomic E-state index is 0.161. The van der Waals surface area contributed by atoms with Crippen LogP contribution in [-0.2, 0) is 19.5 Å². The average Bonchev–Trinajstić information content (AvgIpc) is 2.64. The highest BCUT2D eigenvalue weighted by molar-refractivity contribution is 7.92. The van der Waals surface area contributed by atoms with Gasteiger partial charge in [0.1, 0.15) is 5.60 Å². The number of rotatable bonds is 4. The van der Waals surface area contributed by atoms with Gasteiger partial charge in [0.05, 0.1) is 24.6 Å². The zero-order valence-corrected chi connectivity index (χ0v) is 18.5. The highest BCUT2D eigenvalue weighted by Gasteiger charge is 2.25. The number of hydrogen-bond donors (Lipinski definition) is 0. The number of carbonyl (C=O) groups is 2. The summed E-state index contributed by atoms with van der Waals surface area (Å²) in [6.45, 7) is 6.33. The highest BCUT2D eigenvalue weighted by atomic mass is 32.2. The molecule has 0 bridgehead atoms. The zero-order valence-electron chi connectivity index (χ0n) is 17.7. The van der Waals surface area contributed by atoms with Gasteiger partial charge in [-0.15, -0.1) is 0 Å². The van der Waals surface area contributed by atoms with Crippen LogP contribution in [-0.4, -0.2) is 64.5 Å². The first-order chi connectivity index (χ1) is 13.3. The SMILES string of the molecule is COC(=O)c1cc(C2=CCN(C(=O)OC(C)(C)C)CC2)ccc1N(C)S(C)(=O)=O. The largest absolute Gasteiger partial charge is 0.465 e. The number of benzene rings is 1. The molecule has 1 aromatic rings. The fourth-order valence-electron chi connectivity index (χ4n) is 2.89. The van der Waals surface area contributed by atoms with Gasteiger partial charge >= 0.3 is 12.1 Å². The van der Waals surface area contributed by atoms with E-state index in [0.717, 1.165) is 21.7 Å². The van der Waals surface area contributed by atoms with Gasteiger partial charge in [-0.25, -0.2) is 18.0 Å². The van der Waals surface area contributed by atoms with Crippen molar-refractivity contribution in [1.29, 1.82) is 0 Å². The summed E-state index contributed by atoms with van der Waals surface area (Å²) in [6.07, 6.45) is 3.19. The van der Waals surface area contributed by atoms with E-state index in [4.69, 9.17) is 9.47 Å². The van der Waals surface area contributed by atoms with Crippen LogP contribution in [0, 0.1) is 0 Å². The molecule has 0 aliphatic carbocycles. The summed E-state index contributed by atoms with van der Waals surface area (Å²) in [5.74, 6) is -0.621. The van der Waals surface area contributed by atoms with Crippen LogP contribution < -0.4 is 4.31 Å². The Balaban J connectivity index is 2.30. The number of hydrogen-bond acceptors (Lipinski definition) is 6. The first-order valence-electron chi connectivity index (χ1n) is 9.17. The third kappa shape index (κ3) is 5.72. The predicted octanol–water partition coefficient (Wildman–Crippen LogP) is 2.89. The maximum absolute atomic E-state index is 12.2. The molecule has 0 spiro atoms. The topological polar surface area (TPSA) is 93.2 Å². The predicted molar refractivity (Wildman–Crippen MR) is 111 cm³/mol. The lowest BCUT2D eigenvalue weighted by Crippen LogP contribution is -2.39. The zero-order chi connectivity index (χ0) is 22.0. The third-order valence-corrected chi connectivity index (χ3v) is 5.66. The Labute approximate surface area is 172 Å². The number of anilines is 1. The van der Waals surface area contributed by atoms with Crippen molar-refractivity contribution in [2.24, 2.45) is 0 Å². The molecule has 29 heavy (non-hydrogen) atoms. The van der Waals surface area contributed by atoms with Crippen LogP contribution in [0.4, 0.5) is 10.5 Å². The molecule has 1 heterocycles. The van der Waals surface area contributed by atoms with Gasteiger partial charge in [0.15, 0.2) is 0 Å². The number of nitrogens with zero attached hydrogens (tertiary/aromatic N) is 2. The Morgan fingerprint density at radius 2 is 1.86 bits per heavy atom. The van der Waals surface area contributed by atoms with E-state index >= 15 is 0 Å². The van der Waals surface area contributed by atoms with Crippen LogP contribution in [0.2, 0.25) is 0 Å². The molecule has 0 saturated carbocycles. The summed E-state index contributed by atoms with van der Waals surface area (Å²) in [5.41, 5.74) is 1.59. The molecular formula is C20H28N2O6S. The van der Waals surface area contributed by atoms with Crippen molar-refractivity contribution >= 4 is 33.3 Å². The summed E-state index contributed by atoms with van der Waals surface area (Å²) in [6, 6.07) is 4.97. The molecule has 1 aliphatic heterocycles. The van der Waals surface area contributed by atoms with Gasteiger partial charge in [0.25, 0.3) is 0 Å². The molecule has 0 radical (unpaired) electrons. The van der Waals surface area contributed by atoms with Gasteiger partial charge in [-0.1, -0.05) is 12.1 Å². The fraction of sp³-hybridized carbons (Fsp3) is 0.500. The Morgan fingerprint density at radius 1 is 1.21 bits per heavy atom. The maximum atomic E-state index is 12.2. The van der Waals surface area contributed by atoms with Crippen LogP contribution in [0.25, 0.3) is 5.57 Å². The number of esters is 1. The van der Waals surface area contributed by atoms with Crippen molar-refractivity contribution in [3.8, 4) is 0 Å². The standard InChI is InChI=1S/C20H28N2O6S/c1-20(2,3)28-19(24)22-11-9-14(10-12-22)15-7-8-17(21(4)29(6,25)26)16(13-15)18(23)27-5/h7-9,13H,10-12H2,1-6H3. The van der Waals surface area contributed by atoms with Gasteiger partial charge in [0.2, 0.25) is 10.0 Å². The van der Waals surface area contributed by atoms with Gasteiger partial charge < -0.3 is 14.4 Å². The molecule has 0 unspecified atom stereocenters. The second-order valence-electron chi connectivity index (χ2n) is 7.86. The lowest BCUT2D eigenvalue weighted by molar-refractivity contribution is 0.0270. The Bertz CT molecular complexity index is 931. The molecule has 8 nitrogen and oxygen atoms in total. The van der Waals surface area contributed by atoms with Crippen molar-refractivity contribution in [3.63, 3.8) is 0 Å². The van der Waals surface area contributed by atoms with Crippen molar-refractivity contribution in [2.45, 2.75) is 32.8 Å². The van der Waals surface area contributed by atoms with Gasteiger partial charge in [-0.2, -0.15) is 0 Å². The van der Waals surface area contributed by atoms with E-state index in [1.54, 1.807) is 23.1 Å². The lowest BCUT2D eigenvalue weighted by Gasteiger charge is -2.30. The monoisotopic (exact) mass is 424 g/mol. The molecule has 2 rings (SSSR count). The molecule has 0 atom stereocenters. The third-order valence-electron chi connectivity index (χ3n) is 4.47. The van der Waals surface area contributed by atoms with E-state index in [0.29, 0.717) is 19.5 Å². The van der Waals surface area contributed by atoms with Crippen molar-refractivity contribution in [1.82, 2.24) is 4.90 Å². The summed E-state index contributed by atoms with van der Waals surface area (Å²) in [7, 11) is -0.905. The van der Waals surface area contributed by atoms with E-state index in [2.05, 4.69) is 0 Å². The fourth-order valence-corrected chi connectivity index (χ4v) is 3.40. The number of ether oxygens (including phenoxy) is 2. The summed E-state index contributed by atoms with van der Waals surface area (Å²) < 4.78 is 35.1. The average molecular weight is 425 g/mol. The molecule has 0 saturated heterocycles. The Hall–Kier alpha value is -2.55. The maximum Gasteiger partial charge on any atom is 0.410 e. The normalized spacial score (nSPS) is 14.8. The van der Waals surface area contributed by atoms with Gasteiger partial charge in [0, 0.05) is 20.1 Å². The Kier molecular flexibility index (Phi) is 6.62. The number of sulfonamides is 1.